The van der Waals surface area contributed by atoms with Gasteiger partial charge in [-0.25, -0.2) is 4.79 Å². The normalized spacial score (nSPS) is 14.2. The SMILES string of the molecule is Cc1ccc(C(=O)O)c2c1C(=O)CC2. The lowest BCUT2D eigenvalue weighted by atomic mass is 9.99. The number of carboxylic acid groups (broad SMARTS) is 1. The molecule has 0 radical (unpaired) electrons. The molecule has 0 unspecified atom stereocenters. The van der Waals surface area contributed by atoms with Crippen molar-refractivity contribution < 1.29 is 14.7 Å². The van der Waals surface area contributed by atoms with Crippen molar-refractivity contribution in [2.45, 2.75) is 19.8 Å². The van der Waals surface area contributed by atoms with E-state index in [1.54, 1.807) is 12.1 Å². The second-order valence-corrected chi connectivity index (χ2v) is 3.51. The second-order valence-electron chi connectivity index (χ2n) is 3.51. The van der Waals surface area contributed by atoms with Gasteiger partial charge in [0.1, 0.15) is 0 Å². The first kappa shape index (κ1) is 8.94. The summed E-state index contributed by atoms with van der Waals surface area (Å²) < 4.78 is 0. The molecule has 2 rings (SSSR count). The fourth-order valence-corrected chi connectivity index (χ4v) is 1.98. The highest BCUT2D eigenvalue weighted by Gasteiger charge is 2.26. The van der Waals surface area contributed by atoms with E-state index in [0.29, 0.717) is 24.0 Å². The molecule has 1 aromatic carbocycles. The molecule has 1 aliphatic carbocycles. The van der Waals surface area contributed by atoms with Crippen LogP contribution in [0.25, 0.3) is 0 Å². The molecule has 0 atom stereocenters. The molecule has 0 heterocycles. The van der Waals surface area contributed by atoms with Gasteiger partial charge >= 0.3 is 5.97 Å². The molecule has 0 bridgehead atoms. The fourth-order valence-electron chi connectivity index (χ4n) is 1.98. The lowest BCUT2D eigenvalue weighted by molar-refractivity contribution is 0.0695. The summed E-state index contributed by atoms with van der Waals surface area (Å²) in [4.78, 5) is 22.3. The lowest BCUT2D eigenvalue weighted by Crippen LogP contribution is -2.04. The highest BCUT2D eigenvalue weighted by Crippen LogP contribution is 2.28. The summed E-state index contributed by atoms with van der Waals surface area (Å²) in [5, 5.41) is 8.91. The van der Waals surface area contributed by atoms with Crippen LogP contribution in [0.5, 0.6) is 0 Å². The van der Waals surface area contributed by atoms with Gasteiger partial charge in [0.25, 0.3) is 0 Å². The first-order valence-corrected chi connectivity index (χ1v) is 4.50. The first-order valence-electron chi connectivity index (χ1n) is 4.50. The standard InChI is InChI=1S/C11H10O3/c1-6-2-3-8(11(13)14)7-4-5-9(12)10(6)7/h2-3H,4-5H2,1H3,(H,13,14). The van der Waals surface area contributed by atoms with Crippen molar-refractivity contribution in [3.05, 3.63) is 34.4 Å². The summed E-state index contributed by atoms with van der Waals surface area (Å²) in [6.45, 7) is 1.84. The van der Waals surface area contributed by atoms with Crippen LogP contribution in [0.1, 0.15) is 38.3 Å². The van der Waals surface area contributed by atoms with Gasteiger partial charge in [0.05, 0.1) is 5.56 Å². The number of Topliss-reactive ketones (excluding diaryl/α,β-unsaturated/α-hetero) is 1. The van der Waals surface area contributed by atoms with Gasteiger partial charge in [-0.3, -0.25) is 4.79 Å². The van der Waals surface area contributed by atoms with Crippen molar-refractivity contribution in [2.24, 2.45) is 0 Å². The molecule has 0 aromatic heterocycles. The highest BCUT2D eigenvalue weighted by atomic mass is 16.4. The Balaban J connectivity index is 2.70. The smallest absolute Gasteiger partial charge is 0.335 e. The van der Waals surface area contributed by atoms with Crippen molar-refractivity contribution in [2.75, 3.05) is 0 Å². The number of carbonyl (C=O) groups is 2. The van der Waals surface area contributed by atoms with E-state index in [1.165, 1.54) is 0 Å². The third-order valence-electron chi connectivity index (χ3n) is 2.63. The van der Waals surface area contributed by atoms with Gasteiger partial charge in [-0.05, 0) is 30.5 Å². The number of carboxylic acids is 1. The number of carbonyl (C=O) groups excluding carboxylic acids is 1. The van der Waals surface area contributed by atoms with Gasteiger partial charge in [0, 0.05) is 12.0 Å². The van der Waals surface area contributed by atoms with Crippen LogP contribution in [-0.4, -0.2) is 16.9 Å². The average molecular weight is 190 g/mol. The molecule has 14 heavy (non-hydrogen) atoms. The molecule has 0 saturated carbocycles. The van der Waals surface area contributed by atoms with Crippen molar-refractivity contribution in [3.8, 4) is 0 Å². The summed E-state index contributed by atoms with van der Waals surface area (Å²) in [6.07, 6.45) is 1.01. The summed E-state index contributed by atoms with van der Waals surface area (Å²) in [6, 6.07) is 3.28. The number of aromatic carboxylic acids is 1. The van der Waals surface area contributed by atoms with E-state index < -0.39 is 5.97 Å². The number of hydrogen-bond donors (Lipinski definition) is 1. The Morgan fingerprint density at radius 2 is 2.07 bits per heavy atom. The van der Waals surface area contributed by atoms with Crippen molar-refractivity contribution in [1.29, 1.82) is 0 Å². The van der Waals surface area contributed by atoms with Gasteiger partial charge in [0.2, 0.25) is 0 Å². The van der Waals surface area contributed by atoms with Crippen molar-refractivity contribution in [3.63, 3.8) is 0 Å². The Kier molecular flexibility index (Phi) is 1.88. The molecule has 1 aromatic rings. The minimum atomic E-state index is -0.948. The van der Waals surface area contributed by atoms with Gasteiger partial charge in [-0.2, -0.15) is 0 Å². The summed E-state index contributed by atoms with van der Waals surface area (Å²) in [5.74, 6) is -0.878. The molecule has 0 spiro atoms. The second kappa shape index (κ2) is 2.94. The zero-order valence-electron chi connectivity index (χ0n) is 7.83. The van der Waals surface area contributed by atoms with Crippen LogP contribution < -0.4 is 0 Å². The Morgan fingerprint density at radius 3 is 2.71 bits per heavy atom. The van der Waals surface area contributed by atoms with Crippen molar-refractivity contribution in [1.82, 2.24) is 0 Å². The number of hydrogen-bond acceptors (Lipinski definition) is 2. The van der Waals surface area contributed by atoms with Gasteiger partial charge in [0.15, 0.2) is 5.78 Å². The van der Waals surface area contributed by atoms with Crippen LogP contribution in [0.3, 0.4) is 0 Å². The molecule has 72 valence electrons. The quantitative estimate of drug-likeness (QED) is 0.734. The Labute approximate surface area is 81.4 Å². The monoisotopic (exact) mass is 190 g/mol. The molecular formula is C11H10O3. The zero-order chi connectivity index (χ0) is 10.3. The van der Waals surface area contributed by atoms with Crippen LogP contribution >= 0.6 is 0 Å². The van der Waals surface area contributed by atoms with Crippen molar-refractivity contribution >= 4 is 11.8 Å². The van der Waals surface area contributed by atoms with Gasteiger partial charge in [-0.1, -0.05) is 6.07 Å². The number of fused-ring (bicyclic) bond motifs is 1. The lowest BCUT2D eigenvalue weighted by Gasteiger charge is -2.05. The third kappa shape index (κ3) is 1.13. The maximum absolute atomic E-state index is 11.5. The molecule has 1 N–H and O–H groups in total. The Hall–Kier alpha value is -1.64. The first-order chi connectivity index (χ1) is 6.61. The topological polar surface area (TPSA) is 54.4 Å². The molecule has 0 fully saturated rings. The predicted octanol–water partition coefficient (Wildman–Crippen LogP) is 1.82. The molecular weight excluding hydrogens is 180 g/mol. The Bertz CT molecular complexity index is 432. The van der Waals surface area contributed by atoms with Gasteiger partial charge in [-0.15, -0.1) is 0 Å². The fraction of sp³-hybridized carbons (Fsp3) is 0.273. The van der Waals surface area contributed by atoms with Crippen LogP contribution in [0.15, 0.2) is 12.1 Å². The molecule has 3 heteroatoms. The minimum Gasteiger partial charge on any atom is -0.478 e. The predicted molar refractivity (Wildman–Crippen MR) is 50.8 cm³/mol. The van der Waals surface area contributed by atoms with Crippen LogP contribution in [0.4, 0.5) is 0 Å². The van der Waals surface area contributed by atoms with E-state index in [0.717, 1.165) is 5.56 Å². The summed E-state index contributed by atoms with van der Waals surface area (Å²) >= 11 is 0. The minimum absolute atomic E-state index is 0.0700. The number of aryl methyl sites for hydroxylation is 1. The van der Waals surface area contributed by atoms with E-state index >= 15 is 0 Å². The van der Waals surface area contributed by atoms with Crippen LogP contribution in [0, 0.1) is 6.92 Å². The molecule has 0 saturated heterocycles. The molecule has 3 nitrogen and oxygen atoms in total. The Morgan fingerprint density at radius 1 is 1.36 bits per heavy atom. The maximum atomic E-state index is 11.5. The van der Waals surface area contributed by atoms with Gasteiger partial charge < -0.3 is 5.11 Å². The van der Waals surface area contributed by atoms with E-state index in [1.807, 2.05) is 6.92 Å². The highest BCUT2D eigenvalue weighted by molar-refractivity contribution is 6.05. The van der Waals surface area contributed by atoms with E-state index in [-0.39, 0.29) is 11.3 Å². The molecule has 0 amide bonds. The summed E-state index contributed by atoms with van der Waals surface area (Å²) in [5.41, 5.74) is 2.50. The third-order valence-corrected chi connectivity index (χ3v) is 2.63. The number of ketones is 1. The van der Waals surface area contributed by atoms with E-state index in [9.17, 15) is 9.59 Å². The molecule has 0 aliphatic heterocycles. The largest absolute Gasteiger partial charge is 0.478 e. The maximum Gasteiger partial charge on any atom is 0.335 e. The van der Waals surface area contributed by atoms with Crippen LogP contribution in [0.2, 0.25) is 0 Å². The van der Waals surface area contributed by atoms with Crippen LogP contribution in [-0.2, 0) is 6.42 Å². The summed E-state index contributed by atoms with van der Waals surface area (Å²) in [7, 11) is 0. The van der Waals surface area contributed by atoms with E-state index in [2.05, 4.69) is 0 Å². The molecule has 1 aliphatic rings. The average Bonchev–Trinajstić information content (AvgIpc) is 2.49. The zero-order valence-corrected chi connectivity index (χ0v) is 7.83. The number of rotatable bonds is 1. The van der Waals surface area contributed by atoms with E-state index in [4.69, 9.17) is 5.11 Å². The number of benzene rings is 1.